The summed E-state index contributed by atoms with van der Waals surface area (Å²) in [5, 5.41) is 0. The average molecular weight is 195 g/mol. The summed E-state index contributed by atoms with van der Waals surface area (Å²) in [4.78, 5) is 2.62. The topological polar surface area (TPSA) is 3.24 Å². The van der Waals surface area contributed by atoms with E-state index in [2.05, 4.69) is 45.2 Å². The van der Waals surface area contributed by atoms with E-state index in [4.69, 9.17) is 0 Å². The van der Waals surface area contributed by atoms with Gasteiger partial charge in [-0.2, -0.15) is 0 Å². The lowest BCUT2D eigenvalue weighted by Crippen LogP contribution is -2.44. The third-order valence-corrected chi connectivity index (χ3v) is 3.40. The third kappa shape index (κ3) is 2.84. The minimum absolute atomic E-state index is 0.256. The Bertz CT molecular complexity index is 197. The van der Waals surface area contributed by atoms with Gasteiger partial charge in [0.15, 0.2) is 0 Å². The molecule has 0 amide bonds. The van der Waals surface area contributed by atoms with Crippen LogP contribution >= 0.6 is 0 Å². The van der Waals surface area contributed by atoms with E-state index >= 15 is 0 Å². The maximum Gasteiger partial charge on any atom is 0.0161 e. The Hall–Kier alpha value is -0.300. The van der Waals surface area contributed by atoms with Crippen LogP contribution in [0.2, 0.25) is 0 Å². The van der Waals surface area contributed by atoms with E-state index in [9.17, 15) is 0 Å². The molecule has 14 heavy (non-hydrogen) atoms. The first kappa shape index (κ1) is 11.8. The Labute approximate surface area is 89.2 Å². The van der Waals surface area contributed by atoms with Crippen LogP contribution in [0.15, 0.2) is 12.7 Å². The fraction of sp³-hybridized carbons (Fsp3) is 0.846. The summed E-state index contributed by atoms with van der Waals surface area (Å²) >= 11 is 0. The van der Waals surface area contributed by atoms with Crippen molar-refractivity contribution >= 4 is 0 Å². The Balaban J connectivity index is 2.60. The van der Waals surface area contributed by atoms with E-state index in [1.54, 1.807) is 0 Å². The molecule has 1 fully saturated rings. The van der Waals surface area contributed by atoms with E-state index in [1.165, 1.54) is 32.4 Å². The molecule has 82 valence electrons. The summed E-state index contributed by atoms with van der Waals surface area (Å²) in [6.45, 7) is 15.8. The highest BCUT2D eigenvalue weighted by Gasteiger charge is 2.33. The van der Waals surface area contributed by atoms with Gasteiger partial charge in [0, 0.05) is 5.54 Å². The van der Waals surface area contributed by atoms with E-state index in [0.29, 0.717) is 5.54 Å². The van der Waals surface area contributed by atoms with Gasteiger partial charge in [0.2, 0.25) is 0 Å². The first-order valence-corrected chi connectivity index (χ1v) is 5.76. The van der Waals surface area contributed by atoms with E-state index < -0.39 is 0 Å². The van der Waals surface area contributed by atoms with Gasteiger partial charge in [0.05, 0.1) is 0 Å². The lowest BCUT2D eigenvalue weighted by Gasteiger charge is -2.40. The number of nitrogens with zero attached hydrogens (tertiary/aromatic N) is 1. The zero-order valence-electron chi connectivity index (χ0n) is 10.3. The number of hydrogen-bond donors (Lipinski definition) is 0. The molecule has 0 aromatic heterocycles. The maximum atomic E-state index is 3.92. The number of likely N-dealkylation sites (tertiary alicyclic amines) is 1. The second-order valence-electron chi connectivity index (χ2n) is 5.88. The molecule has 1 aliphatic rings. The molecule has 1 heteroatoms. The fourth-order valence-corrected chi connectivity index (χ4v) is 2.62. The summed E-state index contributed by atoms with van der Waals surface area (Å²) in [6, 6.07) is 0. The molecule has 0 aromatic rings. The van der Waals surface area contributed by atoms with Gasteiger partial charge in [-0.05, 0) is 51.6 Å². The zero-order chi connectivity index (χ0) is 10.8. The molecule has 0 atom stereocenters. The molecule has 0 radical (unpaired) electrons. The lowest BCUT2D eigenvalue weighted by molar-refractivity contribution is 0.111. The van der Waals surface area contributed by atoms with Crippen molar-refractivity contribution in [3.05, 3.63) is 12.7 Å². The lowest BCUT2D eigenvalue weighted by atomic mass is 9.79. The molecule has 0 aliphatic carbocycles. The predicted octanol–water partition coefficient (Wildman–Crippen LogP) is 3.46. The van der Waals surface area contributed by atoms with Gasteiger partial charge in [-0.3, -0.25) is 4.90 Å². The third-order valence-electron chi connectivity index (χ3n) is 3.40. The highest BCUT2D eigenvalue weighted by molar-refractivity contribution is 4.96. The average Bonchev–Trinajstić information content (AvgIpc) is 2.54. The van der Waals surface area contributed by atoms with Gasteiger partial charge in [0.1, 0.15) is 0 Å². The molecule has 0 unspecified atom stereocenters. The van der Waals surface area contributed by atoms with Crippen molar-refractivity contribution in [2.24, 2.45) is 5.41 Å². The molecule has 0 saturated carbocycles. The molecular weight excluding hydrogens is 170 g/mol. The molecule has 1 saturated heterocycles. The summed E-state index contributed by atoms with van der Waals surface area (Å²) < 4.78 is 0. The van der Waals surface area contributed by atoms with Crippen LogP contribution in [-0.4, -0.2) is 23.5 Å². The normalized spacial score (nSPS) is 20.0. The van der Waals surface area contributed by atoms with Crippen molar-refractivity contribution in [3.8, 4) is 0 Å². The first-order chi connectivity index (χ1) is 6.37. The van der Waals surface area contributed by atoms with Crippen LogP contribution < -0.4 is 0 Å². The zero-order valence-corrected chi connectivity index (χ0v) is 10.3. The molecule has 1 rings (SSSR count). The molecule has 0 spiro atoms. The SMILES string of the molecule is C=CC(C)(C)CC(C)(C)N1CCCC1. The number of hydrogen-bond acceptors (Lipinski definition) is 1. The van der Waals surface area contributed by atoms with Crippen LogP contribution in [0.4, 0.5) is 0 Å². The van der Waals surface area contributed by atoms with Gasteiger partial charge in [-0.25, -0.2) is 0 Å². The van der Waals surface area contributed by atoms with Gasteiger partial charge in [-0.1, -0.05) is 19.9 Å². The maximum absolute atomic E-state index is 3.92. The molecule has 1 nitrogen and oxygen atoms in total. The highest BCUT2D eigenvalue weighted by Crippen LogP contribution is 2.34. The minimum atomic E-state index is 0.256. The Morgan fingerprint density at radius 3 is 2.07 bits per heavy atom. The van der Waals surface area contributed by atoms with Crippen LogP contribution in [0.3, 0.4) is 0 Å². The van der Waals surface area contributed by atoms with Crippen molar-refractivity contribution < 1.29 is 0 Å². The quantitative estimate of drug-likeness (QED) is 0.621. The van der Waals surface area contributed by atoms with Crippen LogP contribution in [0, 0.1) is 5.41 Å². The largest absolute Gasteiger partial charge is 0.298 e. The first-order valence-electron chi connectivity index (χ1n) is 5.76. The second-order valence-corrected chi connectivity index (χ2v) is 5.88. The summed E-state index contributed by atoms with van der Waals surface area (Å²) in [6.07, 6.45) is 6.03. The fourth-order valence-electron chi connectivity index (χ4n) is 2.62. The minimum Gasteiger partial charge on any atom is -0.298 e. The van der Waals surface area contributed by atoms with Crippen molar-refractivity contribution in [2.45, 2.75) is 52.5 Å². The van der Waals surface area contributed by atoms with Crippen LogP contribution in [0.5, 0.6) is 0 Å². The van der Waals surface area contributed by atoms with Crippen LogP contribution in [0.1, 0.15) is 47.0 Å². The monoisotopic (exact) mass is 195 g/mol. The predicted molar refractivity (Wildman–Crippen MR) is 63.5 cm³/mol. The van der Waals surface area contributed by atoms with Crippen molar-refractivity contribution in [3.63, 3.8) is 0 Å². The van der Waals surface area contributed by atoms with Gasteiger partial charge >= 0.3 is 0 Å². The van der Waals surface area contributed by atoms with Gasteiger partial charge in [-0.15, -0.1) is 6.58 Å². The van der Waals surface area contributed by atoms with Gasteiger partial charge in [0.25, 0.3) is 0 Å². The van der Waals surface area contributed by atoms with Crippen LogP contribution in [0.25, 0.3) is 0 Å². The smallest absolute Gasteiger partial charge is 0.0161 e. The Kier molecular flexibility index (Phi) is 3.41. The molecule has 1 aliphatic heterocycles. The van der Waals surface area contributed by atoms with Crippen molar-refractivity contribution in [1.82, 2.24) is 4.90 Å². The number of allylic oxidation sites excluding steroid dienone is 1. The van der Waals surface area contributed by atoms with Crippen molar-refractivity contribution in [2.75, 3.05) is 13.1 Å². The Morgan fingerprint density at radius 1 is 1.14 bits per heavy atom. The molecular formula is C13H25N. The van der Waals surface area contributed by atoms with E-state index in [-0.39, 0.29) is 5.41 Å². The van der Waals surface area contributed by atoms with Gasteiger partial charge < -0.3 is 0 Å². The van der Waals surface area contributed by atoms with Crippen molar-refractivity contribution in [1.29, 1.82) is 0 Å². The Morgan fingerprint density at radius 2 is 1.64 bits per heavy atom. The van der Waals surface area contributed by atoms with E-state index in [1.807, 2.05) is 0 Å². The molecule has 0 aromatic carbocycles. The van der Waals surface area contributed by atoms with E-state index in [0.717, 1.165) is 0 Å². The molecule has 1 heterocycles. The number of rotatable bonds is 4. The van der Waals surface area contributed by atoms with Crippen LogP contribution in [-0.2, 0) is 0 Å². The molecule has 0 bridgehead atoms. The standard InChI is InChI=1S/C13H25N/c1-6-12(2,3)11-13(4,5)14-9-7-8-10-14/h6H,1,7-11H2,2-5H3. The second kappa shape index (κ2) is 4.06. The highest BCUT2D eigenvalue weighted by atomic mass is 15.2. The summed E-state index contributed by atoms with van der Waals surface area (Å²) in [7, 11) is 0. The molecule has 0 N–H and O–H groups in total. The summed E-state index contributed by atoms with van der Waals surface area (Å²) in [5.41, 5.74) is 0.584. The summed E-state index contributed by atoms with van der Waals surface area (Å²) in [5.74, 6) is 0.